The molecule has 2 rings (SSSR count). The van der Waals surface area contributed by atoms with Crippen molar-refractivity contribution < 1.29 is 28.7 Å². The van der Waals surface area contributed by atoms with Crippen LogP contribution >= 0.6 is 0 Å². The van der Waals surface area contributed by atoms with Gasteiger partial charge in [0.1, 0.15) is 13.1 Å². The Hall–Kier alpha value is -2.70. The van der Waals surface area contributed by atoms with Crippen LogP contribution < -0.4 is 0 Å². The van der Waals surface area contributed by atoms with Gasteiger partial charge in [0.05, 0.1) is 7.11 Å². The molecule has 1 saturated heterocycles. The fraction of sp³-hybridized carbons (Fsp3) is 0.286. The first-order valence-corrected chi connectivity index (χ1v) is 6.17. The molecule has 1 heterocycles. The van der Waals surface area contributed by atoms with Crippen LogP contribution in [-0.4, -0.2) is 54.8 Å². The highest BCUT2D eigenvalue weighted by molar-refractivity contribution is 6.15. The number of benzene rings is 1. The van der Waals surface area contributed by atoms with E-state index >= 15 is 0 Å². The number of cyclic esters (lactones) is 1. The van der Waals surface area contributed by atoms with Crippen LogP contribution in [0.4, 0.5) is 0 Å². The molecule has 110 valence electrons. The maximum atomic E-state index is 12.2. The van der Waals surface area contributed by atoms with Gasteiger partial charge in [0.2, 0.25) is 11.9 Å². The molecule has 1 aromatic carbocycles. The van der Waals surface area contributed by atoms with Crippen molar-refractivity contribution in [2.45, 2.75) is 6.10 Å². The summed E-state index contributed by atoms with van der Waals surface area (Å²) in [6.07, 6.45) is -1.56. The third-order valence-electron chi connectivity index (χ3n) is 2.95. The third kappa shape index (κ3) is 3.25. The van der Waals surface area contributed by atoms with Gasteiger partial charge < -0.3 is 14.4 Å². The zero-order valence-corrected chi connectivity index (χ0v) is 11.3. The monoisotopic (exact) mass is 291 g/mol. The maximum absolute atomic E-state index is 12.2. The number of carbonyl (C=O) groups excluding carboxylic acids is 4. The number of nitrogens with zero attached hydrogens (tertiary/aromatic N) is 1. The summed E-state index contributed by atoms with van der Waals surface area (Å²) >= 11 is 0. The van der Waals surface area contributed by atoms with E-state index < -0.39 is 36.3 Å². The van der Waals surface area contributed by atoms with Crippen molar-refractivity contribution in [2.75, 3.05) is 20.2 Å². The van der Waals surface area contributed by atoms with E-state index in [0.717, 1.165) is 4.90 Å². The molecule has 1 fully saturated rings. The molecule has 0 bridgehead atoms. The Kier molecular flexibility index (Phi) is 4.32. The molecule has 0 saturated carbocycles. The van der Waals surface area contributed by atoms with Crippen LogP contribution in [0.5, 0.6) is 0 Å². The van der Waals surface area contributed by atoms with Gasteiger partial charge in [0.15, 0.2) is 0 Å². The van der Waals surface area contributed by atoms with Gasteiger partial charge in [-0.2, -0.15) is 0 Å². The van der Waals surface area contributed by atoms with Gasteiger partial charge in [0, 0.05) is 5.56 Å². The summed E-state index contributed by atoms with van der Waals surface area (Å²) in [6.45, 7) is -0.782. The number of Topliss-reactive ketones (excluding diaryl/α,β-unsaturated/α-hetero) is 1. The maximum Gasteiger partial charge on any atom is 0.326 e. The Labute approximate surface area is 120 Å². The summed E-state index contributed by atoms with van der Waals surface area (Å²) in [5.74, 6) is -2.77. The van der Waals surface area contributed by atoms with E-state index in [1.807, 2.05) is 0 Å². The summed E-state index contributed by atoms with van der Waals surface area (Å²) in [5.41, 5.74) is 0.253. The molecule has 1 amide bonds. The molecule has 1 aromatic rings. The van der Waals surface area contributed by atoms with Crippen LogP contribution in [-0.2, 0) is 23.9 Å². The zero-order valence-electron chi connectivity index (χ0n) is 11.3. The van der Waals surface area contributed by atoms with Crippen LogP contribution in [0, 0.1) is 0 Å². The third-order valence-corrected chi connectivity index (χ3v) is 2.95. The van der Waals surface area contributed by atoms with Crippen molar-refractivity contribution in [3.8, 4) is 0 Å². The van der Waals surface area contributed by atoms with Gasteiger partial charge in [-0.25, -0.2) is 0 Å². The predicted molar refractivity (Wildman–Crippen MR) is 69.2 cm³/mol. The number of esters is 2. The van der Waals surface area contributed by atoms with E-state index in [9.17, 15) is 19.2 Å². The van der Waals surface area contributed by atoms with Crippen molar-refractivity contribution in [1.29, 1.82) is 0 Å². The lowest BCUT2D eigenvalue weighted by Crippen LogP contribution is -2.54. The fourth-order valence-corrected chi connectivity index (χ4v) is 1.89. The van der Waals surface area contributed by atoms with Crippen molar-refractivity contribution in [1.82, 2.24) is 4.90 Å². The quantitative estimate of drug-likeness (QED) is 0.433. The van der Waals surface area contributed by atoms with Crippen LogP contribution in [0.15, 0.2) is 30.3 Å². The van der Waals surface area contributed by atoms with Gasteiger partial charge in [-0.3, -0.25) is 19.2 Å². The number of amides is 1. The van der Waals surface area contributed by atoms with E-state index in [2.05, 4.69) is 4.74 Å². The molecular formula is C14H13NO6. The first-order chi connectivity index (χ1) is 10.0. The van der Waals surface area contributed by atoms with Crippen LogP contribution in [0.25, 0.3) is 0 Å². The van der Waals surface area contributed by atoms with E-state index in [0.29, 0.717) is 0 Å². The standard InChI is InChI=1S/C14H13NO6/c1-20-10(16)7-15-8-11(17)21-13(14(15)19)12(18)9-5-3-2-4-6-9/h2-6,13H,7-8H2,1H3. The summed E-state index contributed by atoms with van der Waals surface area (Å²) in [6, 6.07) is 8.02. The largest absolute Gasteiger partial charge is 0.468 e. The number of carbonyl (C=O) groups is 4. The number of methoxy groups -OCH3 is 1. The summed E-state index contributed by atoms with van der Waals surface area (Å²) < 4.78 is 9.28. The Morgan fingerprint density at radius 3 is 2.57 bits per heavy atom. The average Bonchev–Trinajstić information content (AvgIpc) is 2.50. The average molecular weight is 291 g/mol. The first kappa shape index (κ1) is 14.7. The molecule has 7 heteroatoms. The molecule has 1 aliphatic rings. The summed E-state index contributed by atoms with van der Waals surface area (Å²) in [5, 5.41) is 0. The number of hydrogen-bond acceptors (Lipinski definition) is 6. The molecule has 1 aliphatic heterocycles. The van der Waals surface area contributed by atoms with Gasteiger partial charge in [0.25, 0.3) is 5.91 Å². The van der Waals surface area contributed by atoms with Crippen LogP contribution in [0.1, 0.15) is 10.4 Å². The van der Waals surface area contributed by atoms with Gasteiger partial charge in [-0.1, -0.05) is 30.3 Å². The Morgan fingerprint density at radius 1 is 1.29 bits per heavy atom. The van der Waals surface area contributed by atoms with Crippen molar-refractivity contribution in [3.05, 3.63) is 35.9 Å². The van der Waals surface area contributed by atoms with Gasteiger partial charge in [-0.15, -0.1) is 0 Å². The Balaban J connectivity index is 2.19. The fourth-order valence-electron chi connectivity index (χ4n) is 1.89. The highest BCUT2D eigenvalue weighted by Crippen LogP contribution is 2.14. The lowest BCUT2D eigenvalue weighted by molar-refractivity contribution is -0.170. The number of rotatable bonds is 4. The minimum Gasteiger partial charge on any atom is -0.468 e. The van der Waals surface area contributed by atoms with E-state index in [4.69, 9.17) is 4.74 Å². The topological polar surface area (TPSA) is 90.0 Å². The molecule has 0 spiro atoms. The highest BCUT2D eigenvalue weighted by atomic mass is 16.6. The smallest absolute Gasteiger partial charge is 0.326 e. The predicted octanol–water partition coefficient (Wildman–Crippen LogP) is -0.204. The molecule has 1 unspecified atom stereocenters. The van der Waals surface area contributed by atoms with E-state index in [-0.39, 0.29) is 12.1 Å². The second-order valence-electron chi connectivity index (χ2n) is 4.37. The lowest BCUT2D eigenvalue weighted by Gasteiger charge is -2.29. The van der Waals surface area contributed by atoms with Gasteiger partial charge in [-0.05, 0) is 0 Å². The molecule has 7 nitrogen and oxygen atoms in total. The molecule has 0 aliphatic carbocycles. The SMILES string of the molecule is COC(=O)CN1CC(=O)OC(C(=O)c2ccccc2)C1=O. The zero-order chi connectivity index (χ0) is 15.4. The Bertz CT molecular complexity index is 582. The number of hydrogen-bond donors (Lipinski definition) is 0. The normalized spacial score (nSPS) is 18.1. The minimum absolute atomic E-state index is 0.253. The van der Waals surface area contributed by atoms with Crippen molar-refractivity contribution >= 4 is 23.6 Å². The molecule has 0 radical (unpaired) electrons. The molecule has 0 aromatic heterocycles. The van der Waals surface area contributed by atoms with Crippen LogP contribution in [0.3, 0.4) is 0 Å². The van der Waals surface area contributed by atoms with Gasteiger partial charge >= 0.3 is 11.9 Å². The van der Waals surface area contributed by atoms with E-state index in [1.54, 1.807) is 18.2 Å². The lowest BCUT2D eigenvalue weighted by atomic mass is 10.0. The number of morpholine rings is 1. The Morgan fingerprint density at radius 2 is 1.95 bits per heavy atom. The number of ketones is 1. The van der Waals surface area contributed by atoms with E-state index in [1.165, 1.54) is 19.2 Å². The molecular weight excluding hydrogens is 278 g/mol. The summed E-state index contributed by atoms with van der Waals surface area (Å²) in [7, 11) is 1.17. The van der Waals surface area contributed by atoms with Crippen molar-refractivity contribution in [3.63, 3.8) is 0 Å². The summed E-state index contributed by atoms with van der Waals surface area (Å²) in [4.78, 5) is 48.1. The molecule has 1 atom stereocenters. The second-order valence-corrected chi connectivity index (χ2v) is 4.37. The molecule has 21 heavy (non-hydrogen) atoms. The van der Waals surface area contributed by atoms with Crippen LogP contribution in [0.2, 0.25) is 0 Å². The minimum atomic E-state index is -1.56. The molecule has 0 N–H and O–H groups in total. The number of ether oxygens (including phenoxy) is 2. The first-order valence-electron chi connectivity index (χ1n) is 6.17. The van der Waals surface area contributed by atoms with Crippen molar-refractivity contribution in [2.24, 2.45) is 0 Å². The highest BCUT2D eigenvalue weighted by Gasteiger charge is 2.40. The second kappa shape index (κ2) is 6.17.